The van der Waals surface area contributed by atoms with Gasteiger partial charge in [-0.15, -0.1) is 0 Å². The highest BCUT2D eigenvalue weighted by molar-refractivity contribution is 5.44. The lowest BCUT2D eigenvalue weighted by molar-refractivity contribution is 0.0397. The average Bonchev–Trinajstić information content (AvgIpc) is 2.43. The summed E-state index contributed by atoms with van der Waals surface area (Å²) in [6, 6.07) is 6.60. The Kier molecular flexibility index (Phi) is 3.61. The van der Waals surface area contributed by atoms with Crippen LogP contribution in [-0.4, -0.2) is 29.1 Å². The summed E-state index contributed by atoms with van der Waals surface area (Å²) >= 11 is 0. The highest BCUT2D eigenvalue weighted by Crippen LogP contribution is 2.49. The van der Waals surface area contributed by atoms with Crippen molar-refractivity contribution < 1.29 is 5.11 Å². The van der Waals surface area contributed by atoms with Crippen LogP contribution in [0.25, 0.3) is 0 Å². The number of hydrogen-bond acceptors (Lipinski definition) is 2. The summed E-state index contributed by atoms with van der Waals surface area (Å²) in [5, 5.41) is 9.87. The van der Waals surface area contributed by atoms with E-state index in [0.29, 0.717) is 17.7 Å². The van der Waals surface area contributed by atoms with E-state index in [1.54, 1.807) is 0 Å². The standard InChI is InChI=1S/C19H27NO/c1-13(2)7-9-20-10-8-19(4)14(3)18(20)11-15-5-6-16(21)12-17(15)19/h5-7,12,14,18,21H,8-11H2,1-4H3/t14?,18-,19-/m1/s1. The van der Waals surface area contributed by atoms with Crippen molar-refractivity contribution in [2.24, 2.45) is 5.92 Å². The maximum Gasteiger partial charge on any atom is 0.115 e. The average molecular weight is 285 g/mol. The zero-order valence-electron chi connectivity index (χ0n) is 13.7. The maximum absolute atomic E-state index is 9.87. The van der Waals surface area contributed by atoms with E-state index >= 15 is 0 Å². The summed E-state index contributed by atoms with van der Waals surface area (Å²) in [6.45, 7) is 11.4. The van der Waals surface area contributed by atoms with E-state index in [1.165, 1.54) is 23.1 Å². The van der Waals surface area contributed by atoms with Crippen LogP contribution in [0.1, 0.15) is 45.2 Å². The van der Waals surface area contributed by atoms with Crippen LogP contribution in [0.4, 0.5) is 0 Å². The SMILES string of the molecule is CC(C)=CCN1CC[C@@]2(C)c3cc(O)ccc3C[C@@H]1C2C. The van der Waals surface area contributed by atoms with Crippen LogP contribution in [0.3, 0.4) is 0 Å². The Balaban J connectivity index is 1.96. The van der Waals surface area contributed by atoms with Gasteiger partial charge in [-0.3, -0.25) is 4.90 Å². The molecule has 1 aromatic rings. The predicted molar refractivity (Wildman–Crippen MR) is 87.7 cm³/mol. The summed E-state index contributed by atoms with van der Waals surface area (Å²) in [5.74, 6) is 1.04. The molecular weight excluding hydrogens is 258 g/mol. The van der Waals surface area contributed by atoms with Crippen LogP contribution in [0.15, 0.2) is 29.8 Å². The fourth-order valence-corrected chi connectivity index (χ4v) is 4.22. The third-order valence-corrected chi connectivity index (χ3v) is 5.84. The minimum atomic E-state index is 0.207. The minimum Gasteiger partial charge on any atom is -0.508 e. The lowest BCUT2D eigenvalue weighted by Crippen LogP contribution is -2.57. The first kappa shape index (κ1) is 14.6. The van der Waals surface area contributed by atoms with E-state index in [4.69, 9.17) is 0 Å². The molecule has 2 heteroatoms. The first-order valence-electron chi connectivity index (χ1n) is 8.11. The third-order valence-electron chi connectivity index (χ3n) is 5.84. The highest BCUT2D eigenvalue weighted by Gasteiger charge is 2.48. The van der Waals surface area contributed by atoms with Crippen molar-refractivity contribution in [1.82, 2.24) is 4.90 Å². The summed E-state index contributed by atoms with van der Waals surface area (Å²) < 4.78 is 0. The molecule has 0 saturated carbocycles. The zero-order valence-corrected chi connectivity index (χ0v) is 13.7. The predicted octanol–water partition coefficient (Wildman–Crippen LogP) is 3.88. The number of likely N-dealkylation sites (tertiary alicyclic amines) is 1. The Morgan fingerprint density at radius 2 is 2.19 bits per heavy atom. The Hall–Kier alpha value is -1.28. The molecule has 1 unspecified atom stereocenters. The Bertz CT molecular complexity index is 573. The van der Waals surface area contributed by atoms with Gasteiger partial charge in [-0.05, 0) is 67.8 Å². The van der Waals surface area contributed by atoms with Gasteiger partial charge in [0.05, 0.1) is 0 Å². The number of allylic oxidation sites excluding steroid dienone is 1. The number of nitrogens with zero attached hydrogens (tertiary/aromatic N) is 1. The van der Waals surface area contributed by atoms with E-state index in [-0.39, 0.29) is 5.41 Å². The fourth-order valence-electron chi connectivity index (χ4n) is 4.22. The molecule has 1 N–H and O–H groups in total. The molecule has 0 spiro atoms. The molecule has 0 aromatic heterocycles. The van der Waals surface area contributed by atoms with E-state index in [2.05, 4.69) is 44.7 Å². The molecule has 2 nitrogen and oxygen atoms in total. The second-order valence-corrected chi connectivity index (χ2v) is 7.35. The topological polar surface area (TPSA) is 23.5 Å². The van der Waals surface area contributed by atoms with E-state index in [9.17, 15) is 5.11 Å². The molecule has 114 valence electrons. The number of aromatic hydroxyl groups is 1. The largest absolute Gasteiger partial charge is 0.508 e. The van der Waals surface area contributed by atoms with Crippen LogP contribution in [0.5, 0.6) is 5.75 Å². The van der Waals surface area contributed by atoms with Gasteiger partial charge in [0.1, 0.15) is 5.75 Å². The number of rotatable bonds is 2. The summed E-state index contributed by atoms with van der Waals surface area (Å²) in [7, 11) is 0. The van der Waals surface area contributed by atoms with Gasteiger partial charge in [0.2, 0.25) is 0 Å². The highest BCUT2D eigenvalue weighted by atomic mass is 16.3. The van der Waals surface area contributed by atoms with Gasteiger partial charge in [-0.25, -0.2) is 0 Å². The Labute approximate surface area is 128 Å². The molecule has 1 heterocycles. The van der Waals surface area contributed by atoms with Gasteiger partial charge in [0.25, 0.3) is 0 Å². The van der Waals surface area contributed by atoms with Crippen LogP contribution < -0.4 is 0 Å². The van der Waals surface area contributed by atoms with Crippen molar-refractivity contribution in [3.8, 4) is 5.75 Å². The smallest absolute Gasteiger partial charge is 0.115 e. The third kappa shape index (κ3) is 2.40. The summed E-state index contributed by atoms with van der Waals surface area (Å²) in [5.41, 5.74) is 4.42. The molecule has 21 heavy (non-hydrogen) atoms. The van der Waals surface area contributed by atoms with Gasteiger partial charge in [0, 0.05) is 12.6 Å². The normalized spacial score (nSPS) is 31.6. The number of fused-ring (bicyclic) bond motifs is 4. The molecule has 0 radical (unpaired) electrons. The Morgan fingerprint density at radius 1 is 1.43 bits per heavy atom. The summed E-state index contributed by atoms with van der Waals surface area (Å²) in [6.07, 6.45) is 4.64. The van der Waals surface area contributed by atoms with Crippen molar-refractivity contribution >= 4 is 0 Å². The van der Waals surface area contributed by atoms with Crippen molar-refractivity contribution in [3.63, 3.8) is 0 Å². The van der Waals surface area contributed by atoms with Gasteiger partial charge in [-0.2, -0.15) is 0 Å². The van der Waals surface area contributed by atoms with E-state index in [0.717, 1.165) is 19.5 Å². The Morgan fingerprint density at radius 3 is 2.90 bits per heavy atom. The number of phenolic OH excluding ortho intramolecular Hbond substituents is 1. The van der Waals surface area contributed by atoms with Gasteiger partial charge in [-0.1, -0.05) is 31.6 Å². The van der Waals surface area contributed by atoms with Crippen molar-refractivity contribution in [3.05, 3.63) is 41.0 Å². The quantitative estimate of drug-likeness (QED) is 0.834. The van der Waals surface area contributed by atoms with Crippen molar-refractivity contribution in [2.75, 3.05) is 13.1 Å². The van der Waals surface area contributed by atoms with Crippen LogP contribution in [-0.2, 0) is 11.8 Å². The molecule has 3 rings (SSSR count). The van der Waals surface area contributed by atoms with Crippen LogP contribution in [0.2, 0.25) is 0 Å². The first-order chi connectivity index (χ1) is 9.91. The molecule has 3 atom stereocenters. The number of hydrogen-bond donors (Lipinski definition) is 1. The summed E-state index contributed by atoms with van der Waals surface area (Å²) in [4.78, 5) is 2.65. The molecule has 1 aromatic carbocycles. The van der Waals surface area contributed by atoms with Gasteiger partial charge >= 0.3 is 0 Å². The van der Waals surface area contributed by atoms with Crippen LogP contribution >= 0.6 is 0 Å². The monoisotopic (exact) mass is 285 g/mol. The van der Waals surface area contributed by atoms with Gasteiger partial charge in [0.15, 0.2) is 0 Å². The van der Waals surface area contributed by atoms with E-state index < -0.39 is 0 Å². The lowest BCUT2D eigenvalue weighted by Gasteiger charge is -2.54. The number of piperidine rings is 1. The van der Waals surface area contributed by atoms with E-state index in [1.807, 2.05) is 12.1 Å². The van der Waals surface area contributed by atoms with Crippen LogP contribution in [0, 0.1) is 5.92 Å². The number of benzene rings is 1. The second kappa shape index (κ2) is 5.17. The minimum absolute atomic E-state index is 0.207. The molecule has 1 saturated heterocycles. The lowest BCUT2D eigenvalue weighted by atomic mass is 9.59. The number of phenols is 1. The van der Waals surface area contributed by atoms with Crippen molar-refractivity contribution in [1.29, 1.82) is 0 Å². The molecule has 1 aliphatic heterocycles. The maximum atomic E-state index is 9.87. The molecule has 2 bridgehead atoms. The first-order valence-corrected chi connectivity index (χ1v) is 8.11. The fraction of sp³-hybridized carbons (Fsp3) is 0.579. The van der Waals surface area contributed by atoms with Gasteiger partial charge < -0.3 is 5.11 Å². The zero-order chi connectivity index (χ0) is 15.2. The molecule has 1 fully saturated rings. The molecule has 0 amide bonds. The molecule has 1 aliphatic carbocycles. The second-order valence-electron chi connectivity index (χ2n) is 7.35. The molecule has 2 aliphatic rings. The van der Waals surface area contributed by atoms with Crippen molar-refractivity contribution in [2.45, 2.75) is 52.0 Å². The molecular formula is C19H27NO.